The second kappa shape index (κ2) is 9.63. The van der Waals surface area contributed by atoms with Gasteiger partial charge in [0.05, 0.1) is 7.11 Å². The molecule has 2 rings (SSSR count). The van der Waals surface area contributed by atoms with E-state index in [1.165, 1.54) is 32.2 Å². The Bertz CT molecular complexity index is 861. The number of ether oxygens (including phenoxy) is 3. The number of esters is 1. The minimum absolute atomic E-state index is 0.374. The molecule has 0 saturated heterocycles. The molecule has 0 fully saturated rings. The van der Waals surface area contributed by atoms with E-state index in [1.54, 1.807) is 24.3 Å². The van der Waals surface area contributed by atoms with Gasteiger partial charge in [0, 0.05) is 11.8 Å². The fourth-order valence-corrected chi connectivity index (χ4v) is 2.13. The van der Waals surface area contributed by atoms with Crippen molar-refractivity contribution in [1.82, 2.24) is 0 Å². The average molecular weight is 409 g/mol. The number of alkyl halides is 3. The normalized spacial score (nSPS) is 12.3. The number of carbonyl (C=O) groups excluding carboxylic acids is 2. The molecular formula is C20H18F3NO5. The number of methoxy groups -OCH3 is 1. The Labute approximate surface area is 164 Å². The summed E-state index contributed by atoms with van der Waals surface area (Å²) in [5, 5.41) is 2.60. The van der Waals surface area contributed by atoms with Gasteiger partial charge < -0.3 is 19.5 Å². The lowest BCUT2D eigenvalue weighted by molar-refractivity contribution is -0.274. The molecule has 0 aromatic heterocycles. The van der Waals surface area contributed by atoms with Crippen LogP contribution < -0.4 is 14.8 Å². The smallest absolute Gasteiger partial charge is 0.497 e. The van der Waals surface area contributed by atoms with E-state index in [4.69, 9.17) is 9.47 Å². The zero-order valence-corrected chi connectivity index (χ0v) is 15.5. The Morgan fingerprint density at radius 2 is 1.59 bits per heavy atom. The fourth-order valence-electron chi connectivity index (χ4n) is 2.13. The molecule has 29 heavy (non-hydrogen) atoms. The summed E-state index contributed by atoms with van der Waals surface area (Å²) >= 11 is 0. The van der Waals surface area contributed by atoms with Gasteiger partial charge in [-0.2, -0.15) is 0 Å². The van der Waals surface area contributed by atoms with Crippen LogP contribution in [0.5, 0.6) is 11.5 Å². The Hall–Kier alpha value is -3.49. The quantitative estimate of drug-likeness (QED) is 0.549. The van der Waals surface area contributed by atoms with Gasteiger partial charge in [0.15, 0.2) is 6.10 Å². The lowest BCUT2D eigenvalue weighted by atomic mass is 10.2. The van der Waals surface area contributed by atoms with Crippen molar-refractivity contribution in [3.05, 3.63) is 60.2 Å². The number of carbonyl (C=O) groups is 2. The van der Waals surface area contributed by atoms with Crippen LogP contribution in [0.25, 0.3) is 6.08 Å². The summed E-state index contributed by atoms with van der Waals surface area (Å²) in [6, 6.07) is 11.5. The van der Waals surface area contributed by atoms with Gasteiger partial charge in [0.25, 0.3) is 5.91 Å². The average Bonchev–Trinajstić information content (AvgIpc) is 2.66. The molecule has 0 aliphatic rings. The molecule has 154 valence electrons. The highest BCUT2D eigenvalue weighted by atomic mass is 19.4. The van der Waals surface area contributed by atoms with E-state index in [0.29, 0.717) is 17.0 Å². The molecule has 1 N–H and O–H groups in total. The van der Waals surface area contributed by atoms with E-state index >= 15 is 0 Å². The Kier molecular flexibility index (Phi) is 7.24. The van der Waals surface area contributed by atoms with E-state index < -0.39 is 24.3 Å². The van der Waals surface area contributed by atoms with Crippen LogP contribution in [0.3, 0.4) is 0 Å². The summed E-state index contributed by atoms with van der Waals surface area (Å²) in [6.07, 6.45) is -3.43. The van der Waals surface area contributed by atoms with Crippen LogP contribution in [0.2, 0.25) is 0 Å². The molecule has 1 amide bonds. The van der Waals surface area contributed by atoms with Gasteiger partial charge >= 0.3 is 12.3 Å². The van der Waals surface area contributed by atoms with Crippen LogP contribution in [-0.2, 0) is 14.3 Å². The number of amides is 1. The van der Waals surface area contributed by atoms with Gasteiger partial charge in [-0.25, -0.2) is 4.79 Å². The number of hydrogen-bond donors (Lipinski definition) is 1. The predicted molar refractivity (Wildman–Crippen MR) is 99.3 cm³/mol. The zero-order valence-electron chi connectivity index (χ0n) is 15.5. The topological polar surface area (TPSA) is 73.9 Å². The minimum atomic E-state index is -4.77. The van der Waals surface area contributed by atoms with Crippen molar-refractivity contribution in [2.45, 2.75) is 19.4 Å². The third-order valence-electron chi connectivity index (χ3n) is 3.55. The lowest BCUT2D eigenvalue weighted by Gasteiger charge is -2.12. The van der Waals surface area contributed by atoms with Crippen molar-refractivity contribution in [2.24, 2.45) is 0 Å². The highest BCUT2D eigenvalue weighted by Gasteiger charge is 2.30. The molecule has 0 saturated carbocycles. The van der Waals surface area contributed by atoms with Gasteiger partial charge in [-0.05, 0) is 55.0 Å². The van der Waals surface area contributed by atoms with Crippen LogP contribution in [0, 0.1) is 0 Å². The second-order valence-corrected chi connectivity index (χ2v) is 5.75. The van der Waals surface area contributed by atoms with Crippen LogP contribution >= 0.6 is 0 Å². The van der Waals surface area contributed by atoms with Gasteiger partial charge in [0.1, 0.15) is 11.5 Å². The molecule has 0 unspecified atom stereocenters. The summed E-state index contributed by atoms with van der Waals surface area (Å²) in [7, 11) is 1.52. The molecule has 2 aromatic carbocycles. The van der Waals surface area contributed by atoms with Gasteiger partial charge in [-0.15, -0.1) is 13.2 Å². The lowest BCUT2D eigenvalue weighted by Crippen LogP contribution is -2.29. The zero-order chi connectivity index (χ0) is 21.4. The Balaban J connectivity index is 1.86. The van der Waals surface area contributed by atoms with Crippen molar-refractivity contribution in [3.8, 4) is 11.5 Å². The van der Waals surface area contributed by atoms with Crippen molar-refractivity contribution in [1.29, 1.82) is 0 Å². The molecule has 9 heteroatoms. The van der Waals surface area contributed by atoms with E-state index in [1.807, 2.05) is 0 Å². The molecule has 0 radical (unpaired) electrons. The molecule has 2 aromatic rings. The molecule has 0 bridgehead atoms. The van der Waals surface area contributed by atoms with E-state index in [-0.39, 0.29) is 5.75 Å². The second-order valence-electron chi connectivity index (χ2n) is 5.75. The van der Waals surface area contributed by atoms with Crippen LogP contribution in [0.4, 0.5) is 18.9 Å². The highest BCUT2D eigenvalue weighted by molar-refractivity contribution is 5.96. The number of hydrogen-bond acceptors (Lipinski definition) is 5. The van der Waals surface area contributed by atoms with Crippen LogP contribution in [0.1, 0.15) is 12.5 Å². The fraction of sp³-hybridized carbons (Fsp3) is 0.200. The van der Waals surface area contributed by atoms with Crippen molar-refractivity contribution in [3.63, 3.8) is 0 Å². The number of rotatable bonds is 7. The molecule has 0 heterocycles. The monoisotopic (exact) mass is 409 g/mol. The summed E-state index contributed by atoms with van der Waals surface area (Å²) in [6.45, 7) is 1.41. The number of nitrogens with one attached hydrogen (secondary N) is 1. The summed E-state index contributed by atoms with van der Waals surface area (Å²) in [4.78, 5) is 23.9. The number of benzene rings is 2. The molecular weight excluding hydrogens is 391 g/mol. The largest absolute Gasteiger partial charge is 0.573 e. The minimum Gasteiger partial charge on any atom is -0.497 e. The van der Waals surface area contributed by atoms with Crippen LogP contribution in [-0.4, -0.2) is 31.5 Å². The first-order chi connectivity index (χ1) is 13.7. The standard InChI is InChI=1S/C20H18F3NO5/c1-13(19(26)24-15-6-10-16(27-2)11-7-15)28-18(25)12-5-14-3-8-17(9-4-14)29-20(21,22)23/h3-13H,1-2H3,(H,24,26)/b12-5+/t13-/m0/s1. The van der Waals surface area contributed by atoms with E-state index in [2.05, 4.69) is 10.1 Å². The first-order valence-corrected chi connectivity index (χ1v) is 8.36. The van der Waals surface area contributed by atoms with E-state index in [9.17, 15) is 22.8 Å². The van der Waals surface area contributed by atoms with Gasteiger partial charge in [-0.3, -0.25) is 4.79 Å². The summed E-state index contributed by atoms with van der Waals surface area (Å²) in [5.74, 6) is -1.05. The first kappa shape index (κ1) is 21.8. The molecule has 6 nitrogen and oxygen atoms in total. The molecule has 1 atom stereocenters. The molecule has 0 aliphatic carbocycles. The molecule has 0 spiro atoms. The van der Waals surface area contributed by atoms with Gasteiger partial charge in [-0.1, -0.05) is 12.1 Å². The maximum absolute atomic E-state index is 12.1. The predicted octanol–water partition coefficient (Wildman–Crippen LogP) is 4.18. The highest BCUT2D eigenvalue weighted by Crippen LogP contribution is 2.23. The third-order valence-corrected chi connectivity index (χ3v) is 3.55. The third kappa shape index (κ3) is 7.57. The van der Waals surface area contributed by atoms with Gasteiger partial charge in [0.2, 0.25) is 0 Å². The summed E-state index contributed by atoms with van der Waals surface area (Å²) in [5.41, 5.74) is 0.960. The number of halogens is 3. The van der Waals surface area contributed by atoms with Crippen LogP contribution in [0.15, 0.2) is 54.6 Å². The van der Waals surface area contributed by atoms with Crippen molar-refractivity contribution >= 4 is 23.6 Å². The van der Waals surface area contributed by atoms with Crippen molar-refractivity contribution in [2.75, 3.05) is 12.4 Å². The Morgan fingerprint density at radius 3 is 2.14 bits per heavy atom. The summed E-state index contributed by atoms with van der Waals surface area (Å²) < 4.78 is 50.1. The SMILES string of the molecule is COc1ccc(NC(=O)[C@H](C)OC(=O)/C=C/c2ccc(OC(F)(F)F)cc2)cc1. The first-order valence-electron chi connectivity index (χ1n) is 8.36. The van der Waals surface area contributed by atoms with E-state index in [0.717, 1.165) is 18.2 Å². The number of anilines is 1. The van der Waals surface area contributed by atoms with Crippen molar-refractivity contribution < 1.29 is 37.0 Å². The maximum atomic E-state index is 12.1. The molecule has 0 aliphatic heterocycles. The Morgan fingerprint density at radius 1 is 1.00 bits per heavy atom. The maximum Gasteiger partial charge on any atom is 0.573 e.